The number of primary amides is 2. The van der Waals surface area contributed by atoms with E-state index in [2.05, 4.69) is 0 Å². The standard InChI is InChI=1S/C24H20N2O4/c1-13(27)15-3-7-17(8-4-15)19-11-12-20(23(25)29)21(22(19)24(26)30)18-9-5-16(6-10-18)14(2)28/h3-12H,1-2H3,(H2,25,29)(H2,26,30). The Balaban J connectivity index is 2.29. The zero-order valence-electron chi connectivity index (χ0n) is 16.6. The lowest BCUT2D eigenvalue weighted by molar-refractivity contribution is 0.0993. The Kier molecular flexibility index (Phi) is 5.60. The fourth-order valence-electron chi connectivity index (χ4n) is 3.36. The van der Waals surface area contributed by atoms with Crippen LogP contribution in [0.3, 0.4) is 0 Å². The fraction of sp³-hybridized carbons (Fsp3) is 0.0833. The van der Waals surface area contributed by atoms with E-state index in [4.69, 9.17) is 11.5 Å². The number of hydrogen-bond acceptors (Lipinski definition) is 4. The first-order valence-corrected chi connectivity index (χ1v) is 9.20. The summed E-state index contributed by atoms with van der Waals surface area (Å²) >= 11 is 0. The van der Waals surface area contributed by atoms with Gasteiger partial charge in [-0.3, -0.25) is 19.2 Å². The van der Waals surface area contributed by atoms with Gasteiger partial charge in [-0.25, -0.2) is 0 Å². The summed E-state index contributed by atoms with van der Waals surface area (Å²) in [6.07, 6.45) is 0. The van der Waals surface area contributed by atoms with Gasteiger partial charge in [-0.1, -0.05) is 54.6 Å². The third-order valence-corrected chi connectivity index (χ3v) is 4.90. The lowest BCUT2D eigenvalue weighted by atomic mass is 9.87. The van der Waals surface area contributed by atoms with Crippen LogP contribution in [-0.2, 0) is 0 Å². The normalized spacial score (nSPS) is 10.5. The highest BCUT2D eigenvalue weighted by Gasteiger charge is 2.22. The van der Waals surface area contributed by atoms with Crippen LogP contribution in [0.2, 0.25) is 0 Å². The molecule has 0 fully saturated rings. The summed E-state index contributed by atoms with van der Waals surface area (Å²) in [5.41, 5.74) is 14.6. The summed E-state index contributed by atoms with van der Waals surface area (Å²) in [7, 11) is 0. The Bertz CT molecular complexity index is 1180. The van der Waals surface area contributed by atoms with Crippen LogP contribution in [0.1, 0.15) is 55.3 Å². The molecule has 0 unspecified atom stereocenters. The van der Waals surface area contributed by atoms with Gasteiger partial charge in [0.1, 0.15) is 0 Å². The monoisotopic (exact) mass is 400 g/mol. The number of amides is 2. The third kappa shape index (κ3) is 3.89. The van der Waals surface area contributed by atoms with Crippen LogP contribution < -0.4 is 11.5 Å². The van der Waals surface area contributed by atoms with Gasteiger partial charge in [-0.05, 0) is 36.6 Å². The summed E-state index contributed by atoms with van der Waals surface area (Å²) in [5.74, 6) is -1.62. The van der Waals surface area contributed by atoms with Gasteiger partial charge < -0.3 is 11.5 Å². The molecule has 0 saturated carbocycles. The second kappa shape index (κ2) is 8.13. The van der Waals surface area contributed by atoms with Crippen molar-refractivity contribution in [3.63, 3.8) is 0 Å². The van der Waals surface area contributed by atoms with Gasteiger partial charge in [0, 0.05) is 22.3 Å². The van der Waals surface area contributed by atoms with E-state index in [0.29, 0.717) is 33.4 Å². The highest BCUT2D eigenvalue weighted by Crippen LogP contribution is 2.35. The van der Waals surface area contributed by atoms with E-state index >= 15 is 0 Å². The van der Waals surface area contributed by atoms with Crippen LogP contribution >= 0.6 is 0 Å². The van der Waals surface area contributed by atoms with Gasteiger partial charge >= 0.3 is 0 Å². The molecule has 0 aliphatic rings. The summed E-state index contributed by atoms with van der Waals surface area (Å²) < 4.78 is 0. The van der Waals surface area contributed by atoms with Crippen molar-refractivity contribution < 1.29 is 19.2 Å². The molecule has 0 spiro atoms. The summed E-state index contributed by atoms with van der Waals surface area (Å²) in [6.45, 7) is 2.92. The number of ketones is 2. The predicted octanol–water partition coefficient (Wildman–Crippen LogP) is 3.62. The number of carbonyl (C=O) groups is 4. The van der Waals surface area contributed by atoms with E-state index < -0.39 is 11.8 Å². The number of nitrogens with two attached hydrogens (primary N) is 2. The molecule has 4 N–H and O–H groups in total. The van der Waals surface area contributed by atoms with Gasteiger partial charge in [-0.2, -0.15) is 0 Å². The summed E-state index contributed by atoms with van der Waals surface area (Å²) in [5, 5.41) is 0. The molecule has 0 aliphatic heterocycles. The van der Waals surface area contributed by atoms with Crippen LogP contribution in [-0.4, -0.2) is 23.4 Å². The van der Waals surface area contributed by atoms with Crippen molar-refractivity contribution in [1.82, 2.24) is 0 Å². The van der Waals surface area contributed by atoms with E-state index in [-0.39, 0.29) is 22.7 Å². The van der Waals surface area contributed by atoms with Crippen molar-refractivity contribution in [2.45, 2.75) is 13.8 Å². The average molecular weight is 400 g/mol. The van der Waals surface area contributed by atoms with Crippen molar-refractivity contribution >= 4 is 23.4 Å². The SMILES string of the molecule is CC(=O)c1ccc(-c2ccc(C(N)=O)c(-c3ccc(C(C)=O)cc3)c2C(N)=O)cc1. The minimum Gasteiger partial charge on any atom is -0.366 e. The Hall–Kier alpha value is -4.06. The molecule has 0 aliphatic carbocycles. The number of carbonyl (C=O) groups excluding carboxylic acids is 4. The lowest BCUT2D eigenvalue weighted by Crippen LogP contribution is -2.19. The molecule has 0 heterocycles. The number of Topliss-reactive ketones (excluding diaryl/α,β-unsaturated/α-hetero) is 2. The fourth-order valence-corrected chi connectivity index (χ4v) is 3.36. The quantitative estimate of drug-likeness (QED) is 0.614. The van der Waals surface area contributed by atoms with E-state index in [0.717, 1.165) is 0 Å². The van der Waals surface area contributed by atoms with Crippen LogP contribution in [0, 0.1) is 0 Å². The second-order valence-corrected chi connectivity index (χ2v) is 6.91. The van der Waals surface area contributed by atoms with Gasteiger partial charge in [0.15, 0.2) is 11.6 Å². The summed E-state index contributed by atoms with van der Waals surface area (Å²) in [4.78, 5) is 47.7. The van der Waals surface area contributed by atoms with Crippen LogP contribution in [0.25, 0.3) is 22.3 Å². The topological polar surface area (TPSA) is 120 Å². The van der Waals surface area contributed by atoms with Crippen LogP contribution in [0.5, 0.6) is 0 Å². The van der Waals surface area contributed by atoms with Gasteiger partial charge in [0.25, 0.3) is 0 Å². The maximum Gasteiger partial charge on any atom is 0.249 e. The van der Waals surface area contributed by atoms with Gasteiger partial charge in [-0.15, -0.1) is 0 Å². The Morgan fingerprint density at radius 1 is 0.600 bits per heavy atom. The first kappa shape index (κ1) is 20.7. The maximum absolute atomic E-state index is 12.5. The molecule has 0 saturated heterocycles. The molecular weight excluding hydrogens is 380 g/mol. The average Bonchev–Trinajstić information content (AvgIpc) is 2.72. The summed E-state index contributed by atoms with van der Waals surface area (Å²) in [6, 6.07) is 16.4. The molecule has 0 aromatic heterocycles. The zero-order chi connectivity index (χ0) is 22.0. The molecule has 3 rings (SSSR count). The maximum atomic E-state index is 12.5. The first-order chi connectivity index (χ1) is 14.2. The molecule has 150 valence electrons. The van der Waals surface area contributed by atoms with Crippen LogP contribution in [0.4, 0.5) is 0 Å². The Morgan fingerprint density at radius 2 is 1.07 bits per heavy atom. The van der Waals surface area contributed by atoms with Crippen molar-refractivity contribution in [1.29, 1.82) is 0 Å². The van der Waals surface area contributed by atoms with E-state index in [1.54, 1.807) is 54.6 Å². The van der Waals surface area contributed by atoms with Crippen molar-refractivity contribution in [2.75, 3.05) is 0 Å². The van der Waals surface area contributed by atoms with Crippen molar-refractivity contribution in [3.05, 3.63) is 82.9 Å². The lowest BCUT2D eigenvalue weighted by Gasteiger charge is -2.17. The first-order valence-electron chi connectivity index (χ1n) is 9.20. The molecule has 6 heteroatoms. The predicted molar refractivity (Wildman–Crippen MR) is 114 cm³/mol. The molecular formula is C24H20N2O4. The minimum atomic E-state index is -0.727. The molecule has 3 aromatic rings. The molecule has 0 radical (unpaired) electrons. The minimum absolute atomic E-state index is 0.0769. The molecule has 6 nitrogen and oxygen atoms in total. The Labute approximate surface area is 173 Å². The van der Waals surface area contributed by atoms with Gasteiger partial charge in [0.05, 0.1) is 5.56 Å². The molecule has 3 aromatic carbocycles. The van der Waals surface area contributed by atoms with E-state index in [1.165, 1.54) is 19.9 Å². The van der Waals surface area contributed by atoms with Crippen LogP contribution in [0.15, 0.2) is 60.7 Å². The van der Waals surface area contributed by atoms with Crippen molar-refractivity contribution in [3.8, 4) is 22.3 Å². The highest BCUT2D eigenvalue weighted by molar-refractivity contribution is 6.12. The largest absolute Gasteiger partial charge is 0.366 e. The zero-order valence-corrected chi connectivity index (χ0v) is 16.6. The number of rotatable bonds is 6. The van der Waals surface area contributed by atoms with E-state index in [1.807, 2.05) is 0 Å². The molecule has 0 atom stereocenters. The second-order valence-electron chi connectivity index (χ2n) is 6.91. The molecule has 0 bridgehead atoms. The van der Waals surface area contributed by atoms with Crippen molar-refractivity contribution in [2.24, 2.45) is 11.5 Å². The highest BCUT2D eigenvalue weighted by atomic mass is 16.1. The molecule has 2 amide bonds. The number of hydrogen-bond donors (Lipinski definition) is 2. The Morgan fingerprint density at radius 3 is 1.47 bits per heavy atom. The van der Waals surface area contributed by atoms with Gasteiger partial charge in [0.2, 0.25) is 11.8 Å². The molecule has 30 heavy (non-hydrogen) atoms. The number of benzene rings is 3. The van der Waals surface area contributed by atoms with E-state index in [9.17, 15) is 19.2 Å². The third-order valence-electron chi connectivity index (χ3n) is 4.90. The smallest absolute Gasteiger partial charge is 0.249 e.